The summed E-state index contributed by atoms with van der Waals surface area (Å²) in [5.41, 5.74) is 6.17. The first-order valence-corrected chi connectivity index (χ1v) is 5.92. The summed E-state index contributed by atoms with van der Waals surface area (Å²) >= 11 is 1.19. The number of hydrogen-bond acceptors (Lipinski definition) is 6. The van der Waals surface area contributed by atoms with Gasteiger partial charge in [-0.25, -0.2) is 5.01 Å². The molecule has 1 heterocycles. The number of amidine groups is 1. The van der Waals surface area contributed by atoms with E-state index in [1.54, 1.807) is 12.1 Å². The molecule has 94 valence electrons. The second-order valence-corrected chi connectivity index (χ2v) is 4.72. The fourth-order valence-electron chi connectivity index (χ4n) is 1.58. The zero-order chi connectivity index (χ0) is 13.3. The Morgan fingerprint density at radius 2 is 2.33 bits per heavy atom. The summed E-state index contributed by atoms with van der Waals surface area (Å²) in [5.74, 6) is -0.264. The smallest absolute Gasteiger partial charge is 0.269 e. The van der Waals surface area contributed by atoms with Crippen LogP contribution >= 0.6 is 11.8 Å². The van der Waals surface area contributed by atoms with Gasteiger partial charge in [0, 0.05) is 19.1 Å². The molecule has 0 radical (unpaired) electrons. The van der Waals surface area contributed by atoms with Crippen LogP contribution in [0.4, 0.5) is 5.69 Å². The maximum Gasteiger partial charge on any atom is 0.269 e. The fourth-order valence-corrected chi connectivity index (χ4v) is 2.53. The van der Waals surface area contributed by atoms with Gasteiger partial charge in [-0.1, -0.05) is 23.9 Å². The van der Waals surface area contributed by atoms with Crippen molar-refractivity contribution in [2.75, 3.05) is 0 Å². The fraction of sp³-hybridized carbons (Fsp3) is 0.200. The van der Waals surface area contributed by atoms with Gasteiger partial charge in [0.05, 0.1) is 4.92 Å². The molecular weight excluding hydrogens is 256 g/mol. The first-order valence-electron chi connectivity index (χ1n) is 5.04. The second kappa shape index (κ2) is 4.65. The molecule has 0 fully saturated rings. The summed E-state index contributed by atoms with van der Waals surface area (Å²) in [6.45, 7) is 1.37. The molecule has 0 spiro atoms. The number of hydrogen-bond donors (Lipinski definition) is 1. The molecule has 7 nitrogen and oxygen atoms in total. The molecule has 0 saturated carbocycles. The highest BCUT2D eigenvalue weighted by Crippen LogP contribution is 2.38. The van der Waals surface area contributed by atoms with Crippen molar-refractivity contribution in [2.45, 2.75) is 12.3 Å². The van der Waals surface area contributed by atoms with Gasteiger partial charge in [-0.05, 0) is 5.56 Å². The lowest BCUT2D eigenvalue weighted by molar-refractivity contribution is -0.384. The molecule has 1 atom stereocenters. The van der Waals surface area contributed by atoms with Gasteiger partial charge in [0.15, 0.2) is 5.17 Å². The van der Waals surface area contributed by atoms with Crippen LogP contribution in [0.2, 0.25) is 0 Å². The lowest BCUT2D eigenvalue weighted by atomic mass is 10.2. The number of non-ortho nitro benzene ring substituents is 1. The molecule has 0 unspecified atom stereocenters. The van der Waals surface area contributed by atoms with Crippen molar-refractivity contribution in [3.63, 3.8) is 0 Å². The van der Waals surface area contributed by atoms with E-state index in [0.29, 0.717) is 5.56 Å². The Morgan fingerprint density at radius 3 is 2.94 bits per heavy atom. The molecule has 1 aliphatic heterocycles. The van der Waals surface area contributed by atoms with Crippen LogP contribution in [0.5, 0.6) is 0 Å². The Balaban J connectivity index is 2.34. The maximum absolute atomic E-state index is 11.4. The molecule has 1 aromatic rings. The number of hydrazone groups is 1. The summed E-state index contributed by atoms with van der Waals surface area (Å²) in [4.78, 5) is 21.6. The minimum Gasteiger partial charge on any atom is -0.377 e. The van der Waals surface area contributed by atoms with Crippen LogP contribution in [-0.4, -0.2) is 21.0 Å². The minimum atomic E-state index is -0.481. The zero-order valence-corrected chi connectivity index (χ0v) is 10.3. The molecule has 0 aliphatic carbocycles. The van der Waals surface area contributed by atoms with E-state index in [4.69, 9.17) is 5.73 Å². The summed E-state index contributed by atoms with van der Waals surface area (Å²) in [7, 11) is 0. The summed E-state index contributed by atoms with van der Waals surface area (Å²) in [6, 6.07) is 6.09. The molecule has 0 saturated heterocycles. The van der Waals surface area contributed by atoms with E-state index in [0.717, 1.165) is 0 Å². The first-order chi connectivity index (χ1) is 8.49. The highest BCUT2D eigenvalue weighted by Gasteiger charge is 2.31. The predicted octanol–water partition coefficient (Wildman–Crippen LogP) is 1.42. The summed E-state index contributed by atoms with van der Waals surface area (Å²) in [5, 5.41) is 15.6. The average Bonchev–Trinajstić information content (AvgIpc) is 2.72. The van der Waals surface area contributed by atoms with E-state index in [1.807, 2.05) is 0 Å². The van der Waals surface area contributed by atoms with Gasteiger partial charge in [-0.3, -0.25) is 14.9 Å². The predicted molar refractivity (Wildman–Crippen MR) is 67.6 cm³/mol. The highest BCUT2D eigenvalue weighted by molar-refractivity contribution is 8.14. The average molecular weight is 266 g/mol. The summed E-state index contributed by atoms with van der Waals surface area (Å²) in [6.07, 6.45) is 0. The van der Waals surface area contributed by atoms with Crippen LogP contribution in [0.25, 0.3) is 0 Å². The van der Waals surface area contributed by atoms with Gasteiger partial charge < -0.3 is 5.73 Å². The van der Waals surface area contributed by atoms with Gasteiger partial charge >= 0.3 is 0 Å². The van der Waals surface area contributed by atoms with Crippen molar-refractivity contribution in [2.24, 2.45) is 10.8 Å². The Kier molecular flexibility index (Phi) is 3.19. The van der Waals surface area contributed by atoms with Gasteiger partial charge in [-0.2, -0.15) is 0 Å². The maximum atomic E-state index is 11.4. The largest absolute Gasteiger partial charge is 0.377 e. The Morgan fingerprint density at radius 1 is 1.61 bits per heavy atom. The molecule has 0 aromatic heterocycles. The number of nitrogens with zero attached hydrogens (tertiary/aromatic N) is 3. The number of carbonyl (C=O) groups is 1. The third-order valence-electron chi connectivity index (χ3n) is 2.35. The Bertz CT molecular complexity index is 546. The quantitative estimate of drug-likeness (QED) is 0.644. The van der Waals surface area contributed by atoms with E-state index in [9.17, 15) is 14.9 Å². The minimum absolute atomic E-state index is 0.0259. The van der Waals surface area contributed by atoms with Crippen LogP contribution in [0.1, 0.15) is 17.9 Å². The van der Waals surface area contributed by atoms with Crippen molar-refractivity contribution in [3.8, 4) is 0 Å². The topological polar surface area (TPSA) is 102 Å². The molecule has 1 aromatic carbocycles. The number of nitro benzene ring substituents is 1. The van der Waals surface area contributed by atoms with Gasteiger partial charge in [-0.15, -0.1) is 5.10 Å². The molecule has 2 rings (SSSR count). The van der Waals surface area contributed by atoms with Crippen LogP contribution in [0.15, 0.2) is 29.4 Å². The van der Waals surface area contributed by atoms with E-state index in [2.05, 4.69) is 5.10 Å². The normalized spacial score (nSPS) is 18.6. The molecule has 1 aliphatic rings. The monoisotopic (exact) mass is 266 g/mol. The van der Waals surface area contributed by atoms with Crippen molar-refractivity contribution < 1.29 is 9.72 Å². The van der Waals surface area contributed by atoms with Crippen molar-refractivity contribution >= 4 is 28.5 Å². The van der Waals surface area contributed by atoms with Crippen molar-refractivity contribution in [1.82, 2.24) is 5.01 Å². The standard InChI is InChI=1S/C10H10N4O3S/c1-6(15)13-9(18-10(11)12-13)7-3-2-4-8(5-7)14(16)17/h2-5,9H,1H3,(H2,11,12)/t9-/m1/s1. The zero-order valence-electron chi connectivity index (χ0n) is 9.44. The van der Waals surface area contributed by atoms with Crippen LogP contribution in [0.3, 0.4) is 0 Å². The van der Waals surface area contributed by atoms with Gasteiger partial charge in [0.1, 0.15) is 5.37 Å². The van der Waals surface area contributed by atoms with Gasteiger partial charge in [0.25, 0.3) is 5.69 Å². The lowest BCUT2D eigenvalue weighted by Crippen LogP contribution is -2.23. The van der Waals surface area contributed by atoms with Crippen LogP contribution in [-0.2, 0) is 4.79 Å². The number of nitrogens with two attached hydrogens (primary N) is 1. The molecule has 8 heteroatoms. The third kappa shape index (κ3) is 2.28. The lowest BCUT2D eigenvalue weighted by Gasteiger charge is -2.18. The van der Waals surface area contributed by atoms with E-state index in [1.165, 1.54) is 35.8 Å². The number of carbonyl (C=O) groups excluding carboxylic acids is 1. The number of thioether (sulfide) groups is 1. The SMILES string of the molecule is CC(=O)N1N=C(N)S[C@@H]1c1cccc([N+](=O)[O-])c1. The molecule has 2 N–H and O–H groups in total. The molecule has 18 heavy (non-hydrogen) atoms. The van der Waals surface area contributed by atoms with E-state index < -0.39 is 10.3 Å². The van der Waals surface area contributed by atoms with Crippen LogP contribution in [0, 0.1) is 10.1 Å². The number of rotatable bonds is 2. The highest BCUT2D eigenvalue weighted by atomic mass is 32.2. The van der Waals surface area contributed by atoms with E-state index in [-0.39, 0.29) is 16.8 Å². The van der Waals surface area contributed by atoms with E-state index >= 15 is 0 Å². The number of amides is 1. The Hall–Kier alpha value is -2.09. The summed E-state index contributed by atoms with van der Waals surface area (Å²) < 4.78 is 0. The van der Waals surface area contributed by atoms with Crippen molar-refractivity contribution in [3.05, 3.63) is 39.9 Å². The molecule has 0 bridgehead atoms. The number of nitro groups is 1. The third-order valence-corrected chi connectivity index (χ3v) is 3.37. The second-order valence-electron chi connectivity index (χ2n) is 3.62. The molecular formula is C10H10N4O3S. The van der Waals surface area contributed by atoms with Crippen molar-refractivity contribution in [1.29, 1.82) is 0 Å². The molecule has 1 amide bonds. The first kappa shape index (κ1) is 12.4. The van der Waals surface area contributed by atoms with Gasteiger partial charge in [0.2, 0.25) is 5.91 Å². The Labute approximate surface area is 107 Å². The number of benzene rings is 1. The van der Waals surface area contributed by atoms with Crippen LogP contribution < -0.4 is 5.73 Å².